The third-order valence-electron chi connectivity index (χ3n) is 3.22. The highest BCUT2D eigenvalue weighted by Crippen LogP contribution is 2.20. The van der Waals surface area contributed by atoms with E-state index in [0.717, 1.165) is 0 Å². The van der Waals surface area contributed by atoms with Crippen molar-refractivity contribution in [3.05, 3.63) is 35.2 Å². The van der Waals surface area contributed by atoms with Crippen LogP contribution in [0.25, 0.3) is 5.65 Å². The van der Waals surface area contributed by atoms with E-state index in [-0.39, 0.29) is 17.2 Å². The van der Waals surface area contributed by atoms with Crippen LogP contribution >= 0.6 is 11.6 Å². The molecule has 1 saturated heterocycles. The van der Waals surface area contributed by atoms with Gasteiger partial charge >= 0.3 is 0 Å². The fourth-order valence-electron chi connectivity index (χ4n) is 2.31. The van der Waals surface area contributed by atoms with Gasteiger partial charge in [-0.1, -0.05) is 17.7 Å². The standard InChI is InChI=1S/C13H14ClN3O2/c1-9-8-16(6-7-19-9)13(18)11-12(14)15-10-4-2-3-5-17(10)11/h2-5,9H,6-8H2,1H3/t9-/m1/s1. The fraction of sp³-hybridized carbons (Fsp3) is 0.385. The van der Waals surface area contributed by atoms with Crippen LogP contribution in [-0.2, 0) is 4.74 Å². The maximum Gasteiger partial charge on any atom is 0.274 e. The van der Waals surface area contributed by atoms with Crippen LogP contribution in [0.5, 0.6) is 0 Å². The fourth-order valence-corrected chi connectivity index (χ4v) is 2.57. The lowest BCUT2D eigenvalue weighted by molar-refractivity contribution is -0.0126. The van der Waals surface area contributed by atoms with E-state index in [4.69, 9.17) is 16.3 Å². The van der Waals surface area contributed by atoms with Gasteiger partial charge in [0.25, 0.3) is 5.91 Å². The average Bonchev–Trinajstić information content (AvgIpc) is 2.74. The van der Waals surface area contributed by atoms with Crippen molar-refractivity contribution in [1.29, 1.82) is 0 Å². The summed E-state index contributed by atoms with van der Waals surface area (Å²) >= 11 is 6.11. The van der Waals surface area contributed by atoms with Crippen LogP contribution in [0.15, 0.2) is 24.4 Å². The molecule has 1 aliphatic heterocycles. The first kappa shape index (κ1) is 12.4. The summed E-state index contributed by atoms with van der Waals surface area (Å²) in [5.41, 5.74) is 1.10. The predicted molar refractivity (Wildman–Crippen MR) is 71.5 cm³/mol. The summed E-state index contributed by atoms with van der Waals surface area (Å²) < 4.78 is 7.17. The summed E-state index contributed by atoms with van der Waals surface area (Å²) in [6, 6.07) is 5.54. The van der Waals surface area contributed by atoms with E-state index in [1.54, 1.807) is 15.5 Å². The Morgan fingerprint density at radius 3 is 3.16 bits per heavy atom. The molecule has 2 aromatic heterocycles. The number of ether oxygens (including phenoxy) is 1. The van der Waals surface area contributed by atoms with Gasteiger partial charge in [-0.2, -0.15) is 0 Å². The average molecular weight is 280 g/mol. The van der Waals surface area contributed by atoms with Crippen LogP contribution in [0.1, 0.15) is 17.4 Å². The summed E-state index contributed by atoms with van der Waals surface area (Å²) in [6.45, 7) is 3.67. The molecule has 100 valence electrons. The van der Waals surface area contributed by atoms with Crippen molar-refractivity contribution >= 4 is 23.2 Å². The summed E-state index contributed by atoms with van der Waals surface area (Å²) in [5, 5.41) is 0.246. The zero-order valence-corrected chi connectivity index (χ0v) is 11.3. The molecule has 0 aliphatic carbocycles. The Morgan fingerprint density at radius 2 is 2.37 bits per heavy atom. The van der Waals surface area contributed by atoms with Crippen molar-refractivity contribution in [3.8, 4) is 0 Å². The van der Waals surface area contributed by atoms with Gasteiger partial charge in [-0.3, -0.25) is 9.20 Å². The van der Waals surface area contributed by atoms with Gasteiger partial charge in [0.2, 0.25) is 0 Å². The van der Waals surface area contributed by atoms with Crippen molar-refractivity contribution < 1.29 is 9.53 Å². The molecule has 0 bridgehead atoms. The smallest absolute Gasteiger partial charge is 0.274 e. The van der Waals surface area contributed by atoms with Gasteiger partial charge in [-0.05, 0) is 19.1 Å². The molecule has 1 fully saturated rings. The zero-order chi connectivity index (χ0) is 13.4. The maximum atomic E-state index is 12.6. The van der Waals surface area contributed by atoms with E-state index < -0.39 is 0 Å². The van der Waals surface area contributed by atoms with Crippen LogP contribution in [0.4, 0.5) is 0 Å². The van der Waals surface area contributed by atoms with Crippen molar-refractivity contribution in [1.82, 2.24) is 14.3 Å². The highest BCUT2D eigenvalue weighted by molar-refractivity contribution is 6.32. The quantitative estimate of drug-likeness (QED) is 0.800. The number of halogens is 1. The molecule has 3 heterocycles. The van der Waals surface area contributed by atoms with E-state index in [0.29, 0.717) is 31.0 Å². The Bertz CT molecular complexity index is 625. The van der Waals surface area contributed by atoms with Crippen molar-refractivity contribution in [2.45, 2.75) is 13.0 Å². The molecule has 0 spiro atoms. The molecule has 5 nitrogen and oxygen atoms in total. The highest BCUT2D eigenvalue weighted by Gasteiger charge is 2.27. The van der Waals surface area contributed by atoms with Crippen LogP contribution < -0.4 is 0 Å². The molecule has 0 radical (unpaired) electrons. The van der Waals surface area contributed by atoms with E-state index in [1.165, 1.54) is 0 Å². The van der Waals surface area contributed by atoms with E-state index in [1.807, 2.05) is 25.1 Å². The van der Waals surface area contributed by atoms with Gasteiger partial charge in [0.15, 0.2) is 10.8 Å². The number of hydrogen-bond acceptors (Lipinski definition) is 3. The number of amides is 1. The molecule has 6 heteroatoms. The molecule has 1 atom stereocenters. The van der Waals surface area contributed by atoms with Crippen LogP contribution in [0.2, 0.25) is 5.15 Å². The Balaban J connectivity index is 1.99. The molecule has 0 N–H and O–H groups in total. The number of carbonyl (C=O) groups is 1. The molecular weight excluding hydrogens is 266 g/mol. The largest absolute Gasteiger partial charge is 0.375 e. The second-order valence-electron chi connectivity index (χ2n) is 4.61. The first-order valence-corrected chi connectivity index (χ1v) is 6.58. The number of pyridine rings is 1. The number of hydrogen-bond donors (Lipinski definition) is 0. The molecule has 0 saturated carbocycles. The van der Waals surface area contributed by atoms with Gasteiger partial charge in [0, 0.05) is 19.3 Å². The monoisotopic (exact) mass is 279 g/mol. The first-order chi connectivity index (χ1) is 9.16. The summed E-state index contributed by atoms with van der Waals surface area (Å²) in [7, 11) is 0. The maximum absolute atomic E-state index is 12.6. The second-order valence-corrected chi connectivity index (χ2v) is 4.97. The Kier molecular flexibility index (Phi) is 3.16. The Morgan fingerprint density at radius 1 is 1.53 bits per heavy atom. The van der Waals surface area contributed by atoms with E-state index >= 15 is 0 Å². The van der Waals surface area contributed by atoms with Gasteiger partial charge < -0.3 is 9.64 Å². The second kappa shape index (κ2) is 4.83. The minimum atomic E-state index is -0.0983. The molecule has 1 aliphatic rings. The molecule has 0 aromatic carbocycles. The first-order valence-electron chi connectivity index (χ1n) is 6.20. The predicted octanol–water partition coefficient (Wildman–Crippen LogP) is 1.85. The molecule has 1 amide bonds. The number of morpholine rings is 1. The SMILES string of the molecule is C[C@@H]1CN(C(=O)c2c(Cl)nc3ccccn23)CCO1. The lowest BCUT2D eigenvalue weighted by Gasteiger charge is -2.31. The van der Waals surface area contributed by atoms with Crippen LogP contribution in [0, 0.1) is 0 Å². The highest BCUT2D eigenvalue weighted by atomic mass is 35.5. The van der Waals surface area contributed by atoms with Gasteiger partial charge in [-0.15, -0.1) is 0 Å². The number of rotatable bonds is 1. The van der Waals surface area contributed by atoms with Gasteiger partial charge in [0.05, 0.1) is 12.7 Å². The normalized spacial score (nSPS) is 19.9. The minimum Gasteiger partial charge on any atom is -0.375 e. The minimum absolute atomic E-state index is 0.0515. The molecule has 0 unspecified atom stereocenters. The summed E-state index contributed by atoms with van der Waals surface area (Å²) in [4.78, 5) is 18.5. The van der Waals surface area contributed by atoms with E-state index in [2.05, 4.69) is 4.98 Å². The topological polar surface area (TPSA) is 46.8 Å². The zero-order valence-electron chi connectivity index (χ0n) is 10.5. The lowest BCUT2D eigenvalue weighted by Crippen LogP contribution is -2.44. The third-order valence-corrected chi connectivity index (χ3v) is 3.48. The van der Waals surface area contributed by atoms with Crippen molar-refractivity contribution in [2.75, 3.05) is 19.7 Å². The van der Waals surface area contributed by atoms with Gasteiger partial charge in [0.1, 0.15) is 5.65 Å². The molecular formula is C13H14ClN3O2. The molecule has 3 rings (SSSR count). The van der Waals surface area contributed by atoms with E-state index in [9.17, 15) is 4.79 Å². The van der Waals surface area contributed by atoms with Gasteiger partial charge in [-0.25, -0.2) is 4.98 Å². The Labute approximate surface area is 115 Å². The van der Waals surface area contributed by atoms with Crippen LogP contribution in [0.3, 0.4) is 0 Å². The van der Waals surface area contributed by atoms with Crippen molar-refractivity contribution in [3.63, 3.8) is 0 Å². The molecule has 2 aromatic rings. The number of fused-ring (bicyclic) bond motifs is 1. The third kappa shape index (κ3) is 2.19. The summed E-state index contributed by atoms with van der Waals surface area (Å²) in [5.74, 6) is -0.0983. The number of carbonyl (C=O) groups excluding carboxylic acids is 1. The number of nitrogens with zero attached hydrogens (tertiary/aromatic N) is 3. The molecule has 19 heavy (non-hydrogen) atoms. The number of imidazole rings is 1. The lowest BCUT2D eigenvalue weighted by atomic mass is 10.2. The summed E-state index contributed by atoms with van der Waals surface area (Å²) in [6.07, 6.45) is 1.85. The van der Waals surface area contributed by atoms with Crippen molar-refractivity contribution in [2.24, 2.45) is 0 Å². The number of aromatic nitrogens is 2. The Hall–Kier alpha value is -1.59. The van der Waals surface area contributed by atoms with Crippen LogP contribution in [-0.4, -0.2) is 46.0 Å².